The normalized spacial score (nSPS) is 19.5. The molecule has 0 atom stereocenters. The van der Waals surface area contributed by atoms with Gasteiger partial charge in [0.1, 0.15) is 5.75 Å². The van der Waals surface area contributed by atoms with E-state index in [1.54, 1.807) is 12.1 Å². The van der Waals surface area contributed by atoms with E-state index in [4.69, 9.17) is 0 Å². The fraction of sp³-hybridized carbons (Fsp3) is 0.600. The van der Waals surface area contributed by atoms with Crippen molar-refractivity contribution < 1.29 is 17.9 Å². The van der Waals surface area contributed by atoms with Gasteiger partial charge in [0.05, 0.1) is 0 Å². The number of alkyl halides is 3. The zero-order valence-electron chi connectivity index (χ0n) is 12.3. The van der Waals surface area contributed by atoms with E-state index >= 15 is 0 Å². The SMILES string of the molecule is CNC1(C)CCN(Cc2ccc(OC(F)(F)F)cc2)CC1. The van der Waals surface area contributed by atoms with Gasteiger partial charge in [-0.25, -0.2) is 0 Å². The molecule has 0 aliphatic carbocycles. The first-order chi connectivity index (χ1) is 9.80. The smallest absolute Gasteiger partial charge is 0.406 e. The summed E-state index contributed by atoms with van der Waals surface area (Å²) in [5.74, 6) is -0.173. The number of ether oxygens (including phenoxy) is 1. The van der Waals surface area contributed by atoms with Gasteiger partial charge in [-0.3, -0.25) is 4.90 Å². The number of benzene rings is 1. The summed E-state index contributed by atoms with van der Waals surface area (Å²) in [6.45, 7) is 4.94. The molecule has 1 fully saturated rings. The van der Waals surface area contributed by atoms with Crippen molar-refractivity contribution in [3.63, 3.8) is 0 Å². The van der Waals surface area contributed by atoms with Gasteiger partial charge in [-0.15, -0.1) is 13.2 Å². The second-order valence-electron chi connectivity index (χ2n) is 5.78. The van der Waals surface area contributed by atoms with Crippen LogP contribution >= 0.6 is 0 Å². The molecule has 21 heavy (non-hydrogen) atoms. The molecule has 1 aliphatic rings. The molecule has 1 aromatic rings. The number of likely N-dealkylation sites (tertiary alicyclic amines) is 1. The van der Waals surface area contributed by atoms with Crippen LogP contribution < -0.4 is 10.1 Å². The van der Waals surface area contributed by atoms with E-state index < -0.39 is 6.36 Å². The lowest BCUT2D eigenvalue weighted by Gasteiger charge is -2.39. The second kappa shape index (κ2) is 6.23. The average Bonchev–Trinajstić information content (AvgIpc) is 2.42. The molecule has 3 nitrogen and oxygen atoms in total. The standard InChI is InChI=1S/C15H21F3N2O/c1-14(19-2)7-9-20(10-8-14)11-12-3-5-13(6-4-12)21-15(16,17)18/h3-6,19H,7-11H2,1-2H3. The third kappa shape index (κ3) is 4.89. The third-order valence-corrected chi connectivity index (χ3v) is 4.13. The van der Waals surface area contributed by atoms with Gasteiger partial charge < -0.3 is 10.1 Å². The Hall–Kier alpha value is -1.27. The van der Waals surface area contributed by atoms with Crippen LogP contribution in [0.4, 0.5) is 13.2 Å². The van der Waals surface area contributed by atoms with Crippen molar-refractivity contribution in [3.8, 4) is 5.75 Å². The molecule has 0 saturated carbocycles. The van der Waals surface area contributed by atoms with Crippen LogP contribution in [0.1, 0.15) is 25.3 Å². The number of nitrogens with one attached hydrogen (secondary N) is 1. The summed E-state index contributed by atoms with van der Waals surface area (Å²) < 4.78 is 40.1. The maximum atomic E-state index is 12.1. The molecule has 0 spiro atoms. The Morgan fingerprint density at radius 1 is 1.19 bits per heavy atom. The minimum atomic E-state index is -4.63. The highest BCUT2D eigenvalue weighted by Crippen LogP contribution is 2.25. The largest absolute Gasteiger partial charge is 0.573 e. The Bertz CT molecular complexity index is 451. The summed E-state index contributed by atoms with van der Waals surface area (Å²) >= 11 is 0. The van der Waals surface area contributed by atoms with Crippen molar-refractivity contribution in [3.05, 3.63) is 29.8 Å². The fourth-order valence-electron chi connectivity index (χ4n) is 2.51. The Morgan fingerprint density at radius 3 is 2.24 bits per heavy atom. The molecular formula is C15H21F3N2O. The molecule has 118 valence electrons. The number of rotatable bonds is 4. The van der Waals surface area contributed by atoms with Gasteiger partial charge in [-0.2, -0.15) is 0 Å². The van der Waals surface area contributed by atoms with Gasteiger partial charge >= 0.3 is 6.36 Å². The summed E-state index contributed by atoms with van der Waals surface area (Å²) in [5, 5.41) is 3.34. The summed E-state index contributed by atoms with van der Waals surface area (Å²) in [4.78, 5) is 2.32. The van der Waals surface area contributed by atoms with Crippen LogP contribution in [0.2, 0.25) is 0 Å². The molecule has 0 bridgehead atoms. The molecular weight excluding hydrogens is 281 g/mol. The summed E-state index contributed by atoms with van der Waals surface area (Å²) in [6, 6.07) is 6.11. The molecule has 2 rings (SSSR count). The van der Waals surface area contributed by atoms with Crippen molar-refractivity contribution in [2.75, 3.05) is 20.1 Å². The third-order valence-electron chi connectivity index (χ3n) is 4.13. The number of halogens is 3. The molecule has 0 aromatic heterocycles. The summed E-state index contributed by atoms with van der Waals surface area (Å²) in [7, 11) is 1.98. The highest BCUT2D eigenvalue weighted by molar-refractivity contribution is 5.27. The van der Waals surface area contributed by atoms with E-state index in [2.05, 4.69) is 21.9 Å². The number of hydrogen-bond donors (Lipinski definition) is 1. The number of hydrogen-bond acceptors (Lipinski definition) is 3. The summed E-state index contributed by atoms with van der Waals surface area (Å²) in [6.07, 6.45) is -2.50. The lowest BCUT2D eigenvalue weighted by molar-refractivity contribution is -0.274. The minimum Gasteiger partial charge on any atom is -0.406 e. The van der Waals surface area contributed by atoms with Crippen LogP contribution in [0.5, 0.6) is 5.75 Å². The van der Waals surface area contributed by atoms with Crippen molar-refractivity contribution in [1.29, 1.82) is 0 Å². The first-order valence-corrected chi connectivity index (χ1v) is 7.06. The molecule has 1 aliphatic heterocycles. The van der Waals surface area contributed by atoms with Crippen LogP contribution in [0, 0.1) is 0 Å². The highest BCUT2D eigenvalue weighted by Gasteiger charge is 2.31. The van der Waals surface area contributed by atoms with Crippen molar-refractivity contribution >= 4 is 0 Å². The van der Waals surface area contributed by atoms with Crippen molar-refractivity contribution in [2.24, 2.45) is 0 Å². The van der Waals surface area contributed by atoms with Gasteiger partial charge in [0.15, 0.2) is 0 Å². The van der Waals surface area contributed by atoms with E-state index in [1.165, 1.54) is 12.1 Å². The predicted octanol–water partition coefficient (Wildman–Crippen LogP) is 3.16. The molecule has 0 radical (unpaired) electrons. The zero-order chi connectivity index (χ0) is 15.5. The first-order valence-electron chi connectivity index (χ1n) is 7.06. The topological polar surface area (TPSA) is 24.5 Å². The molecule has 1 saturated heterocycles. The predicted molar refractivity (Wildman–Crippen MR) is 75.1 cm³/mol. The lowest BCUT2D eigenvalue weighted by Crippen LogP contribution is -2.49. The molecule has 1 aromatic carbocycles. The maximum absolute atomic E-state index is 12.1. The van der Waals surface area contributed by atoms with E-state index in [1.807, 2.05) is 7.05 Å². The Labute approximate surface area is 123 Å². The number of nitrogens with zero attached hydrogens (tertiary/aromatic N) is 1. The van der Waals surface area contributed by atoms with Gasteiger partial charge in [0.2, 0.25) is 0 Å². The second-order valence-corrected chi connectivity index (χ2v) is 5.78. The lowest BCUT2D eigenvalue weighted by atomic mass is 9.90. The fourth-order valence-corrected chi connectivity index (χ4v) is 2.51. The minimum absolute atomic E-state index is 0.173. The quantitative estimate of drug-likeness (QED) is 0.924. The van der Waals surface area contributed by atoms with Crippen LogP contribution in [0.25, 0.3) is 0 Å². The monoisotopic (exact) mass is 302 g/mol. The van der Waals surface area contributed by atoms with Crippen molar-refractivity contribution in [1.82, 2.24) is 10.2 Å². The molecule has 6 heteroatoms. The van der Waals surface area contributed by atoms with E-state index in [0.717, 1.165) is 38.0 Å². The summed E-state index contributed by atoms with van der Waals surface area (Å²) in [5.41, 5.74) is 1.19. The molecule has 0 unspecified atom stereocenters. The van der Waals surface area contributed by atoms with Crippen LogP contribution in [-0.2, 0) is 6.54 Å². The average molecular weight is 302 g/mol. The van der Waals surface area contributed by atoms with Crippen molar-refractivity contribution in [2.45, 2.75) is 38.2 Å². The maximum Gasteiger partial charge on any atom is 0.573 e. The molecule has 1 heterocycles. The van der Waals surface area contributed by atoms with Gasteiger partial charge in [0.25, 0.3) is 0 Å². The van der Waals surface area contributed by atoms with E-state index in [-0.39, 0.29) is 11.3 Å². The Morgan fingerprint density at radius 2 is 1.76 bits per heavy atom. The van der Waals surface area contributed by atoms with Gasteiger partial charge in [-0.05, 0) is 44.5 Å². The van der Waals surface area contributed by atoms with Crippen LogP contribution in [0.15, 0.2) is 24.3 Å². The van der Waals surface area contributed by atoms with Crippen LogP contribution in [-0.4, -0.2) is 36.9 Å². The molecule has 0 amide bonds. The van der Waals surface area contributed by atoms with Crippen LogP contribution in [0.3, 0.4) is 0 Å². The molecule has 1 N–H and O–H groups in total. The Balaban J connectivity index is 1.87. The highest BCUT2D eigenvalue weighted by atomic mass is 19.4. The van der Waals surface area contributed by atoms with Gasteiger partial charge in [-0.1, -0.05) is 12.1 Å². The Kier molecular flexibility index (Phi) is 4.78. The van der Waals surface area contributed by atoms with E-state index in [0.29, 0.717) is 0 Å². The first kappa shape index (κ1) is 16.1. The zero-order valence-corrected chi connectivity index (χ0v) is 12.3. The number of piperidine rings is 1. The van der Waals surface area contributed by atoms with E-state index in [9.17, 15) is 13.2 Å². The van der Waals surface area contributed by atoms with Gasteiger partial charge in [0, 0.05) is 25.2 Å².